The molecule has 0 aliphatic carbocycles. The molecule has 0 saturated carbocycles. The molecule has 0 spiro atoms. The molecule has 5 heteroatoms. The Bertz CT molecular complexity index is 906. The second-order valence-corrected chi connectivity index (χ2v) is 7.55. The molecular formula is C22H26N4O. The van der Waals surface area contributed by atoms with Gasteiger partial charge in [-0.05, 0) is 55.7 Å². The number of aliphatic hydroxyl groups excluding tert-OH is 1. The van der Waals surface area contributed by atoms with Crippen molar-refractivity contribution < 1.29 is 5.11 Å². The van der Waals surface area contributed by atoms with E-state index in [-0.39, 0.29) is 12.0 Å². The van der Waals surface area contributed by atoms with Crippen molar-refractivity contribution in [1.29, 1.82) is 0 Å². The van der Waals surface area contributed by atoms with E-state index in [1.165, 1.54) is 11.1 Å². The van der Waals surface area contributed by atoms with Crippen molar-refractivity contribution in [2.75, 3.05) is 13.1 Å². The number of pyridine rings is 1. The van der Waals surface area contributed by atoms with Gasteiger partial charge in [-0.1, -0.05) is 18.2 Å². The number of aromatic nitrogens is 3. The highest BCUT2D eigenvalue weighted by molar-refractivity contribution is 5.42. The number of β-amino-alcohol motifs (C(OH)–C–C–N with tert-alkyl or cyclic N) is 1. The van der Waals surface area contributed by atoms with Gasteiger partial charge >= 0.3 is 0 Å². The molecule has 3 aromatic rings. The lowest BCUT2D eigenvalue weighted by atomic mass is 9.97. The Kier molecular flexibility index (Phi) is 5.05. The zero-order valence-electron chi connectivity index (χ0n) is 15.9. The number of aliphatic hydroxyl groups is 1. The van der Waals surface area contributed by atoms with Crippen LogP contribution in [0.1, 0.15) is 22.5 Å². The number of likely N-dealkylation sites (tertiary alicyclic amines) is 1. The molecule has 1 fully saturated rings. The summed E-state index contributed by atoms with van der Waals surface area (Å²) in [7, 11) is 0. The molecule has 140 valence electrons. The maximum Gasteiger partial charge on any atom is 0.0710 e. The van der Waals surface area contributed by atoms with Crippen molar-refractivity contribution >= 4 is 0 Å². The second kappa shape index (κ2) is 7.62. The highest BCUT2D eigenvalue weighted by Gasteiger charge is 2.31. The standard InChI is InChI=1S/C22H26N4O/c1-16-11-17(2)26(24-16)21-6-4-3-5-19(21)13-25-14-20(22(27)15-25)12-18-7-9-23-10-8-18/h3-11,20,22,27H,12-15H2,1-2H3/t20-,22+/m1/s1. The number of aryl methyl sites for hydroxylation is 2. The zero-order chi connectivity index (χ0) is 18.8. The average molecular weight is 362 g/mol. The molecule has 1 N–H and O–H groups in total. The molecule has 1 aromatic carbocycles. The zero-order valence-corrected chi connectivity index (χ0v) is 15.9. The molecule has 5 nitrogen and oxygen atoms in total. The van der Waals surface area contributed by atoms with Crippen LogP contribution >= 0.6 is 0 Å². The van der Waals surface area contributed by atoms with Gasteiger partial charge < -0.3 is 5.11 Å². The summed E-state index contributed by atoms with van der Waals surface area (Å²) in [6.07, 6.45) is 4.23. The molecule has 1 aliphatic heterocycles. The Hall–Kier alpha value is -2.50. The maximum atomic E-state index is 10.6. The molecule has 27 heavy (non-hydrogen) atoms. The van der Waals surface area contributed by atoms with Crippen LogP contribution in [0.15, 0.2) is 54.9 Å². The van der Waals surface area contributed by atoms with E-state index in [9.17, 15) is 5.11 Å². The smallest absolute Gasteiger partial charge is 0.0710 e. The van der Waals surface area contributed by atoms with Crippen LogP contribution in [0.4, 0.5) is 0 Å². The SMILES string of the molecule is Cc1cc(C)n(-c2ccccc2CN2C[C@@H](Cc3ccncc3)[C@@H](O)C2)n1. The van der Waals surface area contributed by atoms with Gasteiger partial charge in [0, 0.05) is 43.6 Å². The molecule has 0 amide bonds. The van der Waals surface area contributed by atoms with Crippen molar-refractivity contribution in [2.45, 2.75) is 32.9 Å². The fourth-order valence-electron chi connectivity index (χ4n) is 4.06. The summed E-state index contributed by atoms with van der Waals surface area (Å²) in [5.41, 5.74) is 5.75. The number of rotatable bonds is 5. The summed E-state index contributed by atoms with van der Waals surface area (Å²) in [5.74, 6) is 0.258. The van der Waals surface area contributed by atoms with Gasteiger partial charge in [0.05, 0.1) is 17.5 Å². The van der Waals surface area contributed by atoms with E-state index in [4.69, 9.17) is 0 Å². The molecule has 0 bridgehead atoms. The Morgan fingerprint density at radius 1 is 1.07 bits per heavy atom. The predicted octanol–water partition coefficient (Wildman–Crippen LogP) is 2.92. The Balaban J connectivity index is 1.50. The Labute approximate surface area is 160 Å². The van der Waals surface area contributed by atoms with E-state index in [2.05, 4.69) is 52.2 Å². The predicted molar refractivity (Wildman–Crippen MR) is 106 cm³/mol. The van der Waals surface area contributed by atoms with E-state index in [0.29, 0.717) is 6.54 Å². The second-order valence-electron chi connectivity index (χ2n) is 7.55. The van der Waals surface area contributed by atoms with Gasteiger partial charge in [-0.2, -0.15) is 5.10 Å². The number of hydrogen-bond donors (Lipinski definition) is 1. The van der Waals surface area contributed by atoms with E-state index < -0.39 is 0 Å². The quantitative estimate of drug-likeness (QED) is 0.758. The first-order valence-corrected chi connectivity index (χ1v) is 9.51. The maximum absolute atomic E-state index is 10.6. The van der Waals surface area contributed by atoms with Gasteiger partial charge in [-0.25, -0.2) is 4.68 Å². The minimum Gasteiger partial charge on any atom is -0.391 e. The van der Waals surface area contributed by atoms with Crippen molar-refractivity contribution in [1.82, 2.24) is 19.7 Å². The van der Waals surface area contributed by atoms with Crippen LogP contribution < -0.4 is 0 Å². The molecule has 1 saturated heterocycles. The fourth-order valence-corrected chi connectivity index (χ4v) is 4.06. The Morgan fingerprint density at radius 2 is 1.85 bits per heavy atom. The first-order valence-electron chi connectivity index (χ1n) is 9.51. The van der Waals surface area contributed by atoms with Gasteiger partial charge in [-0.3, -0.25) is 9.88 Å². The summed E-state index contributed by atoms with van der Waals surface area (Å²) in [6.45, 7) is 6.53. The minimum absolute atomic E-state index is 0.258. The van der Waals surface area contributed by atoms with E-state index in [1.54, 1.807) is 0 Å². The molecular weight excluding hydrogens is 336 g/mol. The van der Waals surface area contributed by atoms with Gasteiger partial charge in [0.15, 0.2) is 0 Å². The minimum atomic E-state index is -0.293. The summed E-state index contributed by atoms with van der Waals surface area (Å²) in [5, 5.41) is 15.2. The third kappa shape index (κ3) is 3.94. The number of hydrogen-bond acceptors (Lipinski definition) is 4. The largest absolute Gasteiger partial charge is 0.391 e. The topological polar surface area (TPSA) is 54.2 Å². The molecule has 2 aromatic heterocycles. The van der Waals surface area contributed by atoms with E-state index in [0.717, 1.165) is 36.6 Å². The number of benzene rings is 1. The summed E-state index contributed by atoms with van der Waals surface area (Å²) in [6, 6.07) is 14.6. The van der Waals surface area contributed by atoms with Crippen LogP contribution in [-0.2, 0) is 13.0 Å². The van der Waals surface area contributed by atoms with Crippen molar-refractivity contribution in [3.63, 3.8) is 0 Å². The summed E-state index contributed by atoms with van der Waals surface area (Å²) < 4.78 is 2.02. The van der Waals surface area contributed by atoms with E-state index >= 15 is 0 Å². The van der Waals surface area contributed by atoms with Crippen LogP contribution in [0.2, 0.25) is 0 Å². The third-order valence-electron chi connectivity index (χ3n) is 5.35. The van der Waals surface area contributed by atoms with Crippen LogP contribution in [0.3, 0.4) is 0 Å². The lowest BCUT2D eigenvalue weighted by Crippen LogP contribution is -2.22. The van der Waals surface area contributed by atoms with Crippen LogP contribution in [0.5, 0.6) is 0 Å². The first-order chi connectivity index (χ1) is 13.1. The normalized spacial score (nSPS) is 20.3. The fraction of sp³-hybridized carbons (Fsp3) is 0.364. The first kappa shape index (κ1) is 17.9. The van der Waals surface area contributed by atoms with Gasteiger partial charge in [0.2, 0.25) is 0 Å². The third-order valence-corrected chi connectivity index (χ3v) is 5.35. The van der Waals surface area contributed by atoms with E-state index in [1.807, 2.05) is 36.1 Å². The van der Waals surface area contributed by atoms with Crippen molar-refractivity contribution in [3.8, 4) is 5.69 Å². The average Bonchev–Trinajstić information content (AvgIpc) is 3.17. The monoisotopic (exact) mass is 362 g/mol. The van der Waals surface area contributed by atoms with Crippen molar-refractivity contribution in [2.24, 2.45) is 5.92 Å². The molecule has 1 aliphatic rings. The van der Waals surface area contributed by atoms with Gasteiger partial charge in [-0.15, -0.1) is 0 Å². The number of nitrogens with zero attached hydrogens (tertiary/aromatic N) is 4. The molecule has 0 unspecified atom stereocenters. The van der Waals surface area contributed by atoms with Crippen LogP contribution in [-0.4, -0.2) is 44.0 Å². The summed E-state index contributed by atoms with van der Waals surface area (Å²) >= 11 is 0. The lowest BCUT2D eigenvalue weighted by Gasteiger charge is -2.18. The molecule has 0 radical (unpaired) electrons. The summed E-state index contributed by atoms with van der Waals surface area (Å²) in [4.78, 5) is 6.42. The molecule has 3 heterocycles. The van der Waals surface area contributed by atoms with Crippen LogP contribution in [0, 0.1) is 19.8 Å². The van der Waals surface area contributed by atoms with Crippen LogP contribution in [0.25, 0.3) is 5.69 Å². The highest BCUT2D eigenvalue weighted by Crippen LogP contribution is 2.25. The van der Waals surface area contributed by atoms with Gasteiger partial charge in [0.25, 0.3) is 0 Å². The Morgan fingerprint density at radius 3 is 2.59 bits per heavy atom. The molecule has 2 atom stereocenters. The number of para-hydroxylation sites is 1. The van der Waals surface area contributed by atoms with Crippen molar-refractivity contribution in [3.05, 3.63) is 77.4 Å². The molecule has 4 rings (SSSR count). The highest BCUT2D eigenvalue weighted by atomic mass is 16.3. The van der Waals surface area contributed by atoms with Gasteiger partial charge in [0.1, 0.15) is 0 Å². The lowest BCUT2D eigenvalue weighted by molar-refractivity contribution is 0.141.